The second-order valence-electron chi connectivity index (χ2n) is 15.3. The van der Waals surface area contributed by atoms with E-state index in [2.05, 4.69) is 23.1 Å². The van der Waals surface area contributed by atoms with Gasteiger partial charge in [0.2, 0.25) is 5.60 Å². The van der Waals surface area contributed by atoms with Gasteiger partial charge in [-0.15, -0.1) is 0 Å². The summed E-state index contributed by atoms with van der Waals surface area (Å²) in [4.78, 5) is 14.8. The van der Waals surface area contributed by atoms with E-state index in [-0.39, 0.29) is 25.5 Å². The third-order valence-corrected chi connectivity index (χ3v) is 11.7. The monoisotopic (exact) mass is 841 g/mol. The standard InChI is InChI=1S/C43H64N5O10P/c1-4-5-6-7-8-9-10-11-12-13-14-15-16-17-18-19-24-54-28-36(55-27-34-20-21-35(26-44)38(25-34)53-3)29-56-59(51,52)57-30-39-41(49)42(50)43(31-45,58-39)40-23-22-37-33(2)46-32-47-48(37)40/h20-23,25,32,36,39,41-42,49-50H,4-19,24,27-30H2,1-3H3,(H,51,52)/t36-,39-,41-,42-,43+/m1/s1. The van der Waals surface area contributed by atoms with Crippen LogP contribution >= 0.6 is 7.82 Å². The van der Waals surface area contributed by atoms with E-state index in [4.69, 9.17) is 28.0 Å². The highest BCUT2D eigenvalue weighted by molar-refractivity contribution is 7.47. The molecule has 1 aliphatic heterocycles. The molecule has 59 heavy (non-hydrogen) atoms. The first-order chi connectivity index (χ1) is 28.6. The highest BCUT2D eigenvalue weighted by Crippen LogP contribution is 2.46. The fourth-order valence-electron chi connectivity index (χ4n) is 7.28. The number of aliphatic hydroxyl groups excluding tert-OH is 2. The summed E-state index contributed by atoms with van der Waals surface area (Å²) in [5.74, 6) is 0.393. The van der Waals surface area contributed by atoms with Crippen molar-refractivity contribution in [3.8, 4) is 17.9 Å². The van der Waals surface area contributed by atoms with Crippen LogP contribution in [-0.2, 0) is 40.0 Å². The first-order valence-electron chi connectivity index (χ1n) is 21.2. The van der Waals surface area contributed by atoms with E-state index in [9.17, 15) is 30.2 Å². The van der Waals surface area contributed by atoms with Crippen LogP contribution in [0.2, 0.25) is 0 Å². The Hall–Kier alpha value is -3.47. The number of aromatic nitrogens is 3. The van der Waals surface area contributed by atoms with Gasteiger partial charge in [-0.2, -0.15) is 15.6 Å². The predicted octanol–water partition coefficient (Wildman–Crippen LogP) is 7.75. The fraction of sp³-hybridized carbons (Fsp3) is 0.674. The minimum Gasteiger partial charge on any atom is -0.495 e. The molecule has 4 rings (SSSR count). The molecule has 1 aliphatic rings. The number of phosphoric acid groups is 1. The number of methoxy groups -OCH3 is 1. The molecule has 0 amide bonds. The van der Waals surface area contributed by atoms with Crippen LogP contribution in [0.4, 0.5) is 0 Å². The summed E-state index contributed by atoms with van der Waals surface area (Å²) in [5.41, 5.74) is 0.361. The lowest BCUT2D eigenvalue weighted by Gasteiger charge is -2.24. The third kappa shape index (κ3) is 14.6. The highest BCUT2D eigenvalue weighted by atomic mass is 31.2. The lowest BCUT2D eigenvalue weighted by atomic mass is 9.92. The minimum atomic E-state index is -4.77. The molecule has 1 unspecified atom stereocenters. The van der Waals surface area contributed by atoms with Gasteiger partial charge in [0.1, 0.15) is 48.6 Å². The predicted molar refractivity (Wildman–Crippen MR) is 220 cm³/mol. The number of benzene rings is 1. The second kappa shape index (κ2) is 25.3. The summed E-state index contributed by atoms with van der Waals surface area (Å²) in [6, 6.07) is 12.3. The summed E-state index contributed by atoms with van der Waals surface area (Å²) in [6.07, 6.45) is 16.1. The number of phosphoric ester groups is 1. The molecule has 1 fully saturated rings. The molecule has 6 atom stereocenters. The molecule has 0 bridgehead atoms. The molecule has 1 aromatic carbocycles. The molecule has 0 radical (unpaired) electrons. The SMILES string of the molecule is CCCCCCCCCCCCCCCCCCOC[C@H](COP(=O)(O)OC[C@H]1O[C@@](C#N)(c2ccc3c(C)ncnn23)[C@H](O)[C@@H]1O)OCc1ccc(C#N)c(OC)c1. The normalized spacial score (nSPS) is 20.6. The van der Waals surface area contributed by atoms with Gasteiger partial charge in [-0.25, -0.2) is 14.1 Å². The maximum Gasteiger partial charge on any atom is 0.472 e. The Balaban J connectivity index is 1.21. The van der Waals surface area contributed by atoms with E-state index >= 15 is 0 Å². The number of aliphatic hydroxyl groups is 2. The number of unbranched alkanes of at least 4 members (excludes halogenated alkanes) is 15. The number of nitriles is 2. The third-order valence-electron chi connectivity index (χ3n) is 10.8. The Morgan fingerprint density at radius 2 is 1.56 bits per heavy atom. The zero-order valence-corrected chi connectivity index (χ0v) is 35.9. The van der Waals surface area contributed by atoms with Crippen molar-refractivity contribution in [2.45, 2.75) is 153 Å². The molecule has 326 valence electrons. The lowest BCUT2D eigenvalue weighted by Crippen LogP contribution is -2.41. The van der Waals surface area contributed by atoms with Crippen LogP contribution < -0.4 is 4.74 Å². The van der Waals surface area contributed by atoms with Gasteiger partial charge in [0.05, 0.1) is 56.0 Å². The first-order valence-corrected chi connectivity index (χ1v) is 22.7. The van der Waals surface area contributed by atoms with Crippen molar-refractivity contribution in [2.75, 3.05) is 33.5 Å². The largest absolute Gasteiger partial charge is 0.495 e. The quantitative estimate of drug-likeness (QED) is 0.0433. The van der Waals surface area contributed by atoms with Crippen LogP contribution in [0.5, 0.6) is 5.75 Å². The Kier molecular flexibility index (Phi) is 20.7. The van der Waals surface area contributed by atoms with Crippen molar-refractivity contribution in [3.05, 3.63) is 59.2 Å². The molecule has 2 aromatic heterocycles. The van der Waals surface area contributed by atoms with E-state index in [0.29, 0.717) is 34.7 Å². The maximum absolute atomic E-state index is 13.1. The number of rotatable bonds is 30. The van der Waals surface area contributed by atoms with Crippen molar-refractivity contribution in [3.63, 3.8) is 0 Å². The Labute approximate surface area is 349 Å². The average molecular weight is 842 g/mol. The molecule has 3 heterocycles. The van der Waals surface area contributed by atoms with Gasteiger partial charge in [0.15, 0.2) is 0 Å². The van der Waals surface area contributed by atoms with Crippen molar-refractivity contribution < 1.29 is 47.7 Å². The Morgan fingerprint density at radius 1 is 0.915 bits per heavy atom. The maximum atomic E-state index is 13.1. The molecule has 0 aliphatic carbocycles. The minimum absolute atomic E-state index is 0.0712. The number of fused-ring (bicyclic) bond motifs is 1. The number of nitrogens with zero attached hydrogens (tertiary/aromatic N) is 5. The summed E-state index contributed by atoms with van der Waals surface area (Å²) in [7, 11) is -3.30. The molecule has 3 N–H and O–H groups in total. The molecular formula is C43H64N5O10P. The molecule has 0 spiro atoms. The van der Waals surface area contributed by atoms with Crippen LogP contribution in [-0.4, -0.2) is 87.7 Å². The van der Waals surface area contributed by atoms with E-state index in [1.54, 1.807) is 31.2 Å². The first kappa shape index (κ1) is 48.2. The van der Waals surface area contributed by atoms with Crippen LogP contribution in [0, 0.1) is 29.6 Å². The van der Waals surface area contributed by atoms with Gasteiger partial charge in [-0.3, -0.25) is 9.05 Å². The van der Waals surface area contributed by atoms with E-state index in [1.165, 1.54) is 107 Å². The van der Waals surface area contributed by atoms with Crippen LogP contribution in [0.25, 0.3) is 5.52 Å². The topological polar surface area (TPSA) is 211 Å². The van der Waals surface area contributed by atoms with E-state index < -0.39 is 44.4 Å². The van der Waals surface area contributed by atoms with Crippen LogP contribution in [0.3, 0.4) is 0 Å². The van der Waals surface area contributed by atoms with E-state index in [1.807, 2.05) is 6.07 Å². The zero-order valence-electron chi connectivity index (χ0n) is 35.0. The van der Waals surface area contributed by atoms with E-state index in [0.717, 1.165) is 19.3 Å². The Bertz CT molecular complexity index is 1830. The lowest BCUT2D eigenvalue weighted by molar-refractivity contribution is -0.0690. The zero-order chi connectivity index (χ0) is 42.5. The Morgan fingerprint density at radius 3 is 2.17 bits per heavy atom. The summed E-state index contributed by atoms with van der Waals surface area (Å²) in [6.45, 7) is 3.58. The second-order valence-corrected chi connectivity index (χ2v) is 16.8. The van der Waals surface area contributed by atoms with Crippen molar-refractivity contribution in [1.82, 2.24) is 14.6 Å². The molecular weight excluding hydrogens is 777 g/mol. The summed E-state index contributed by atoms with van der Waals surface area (Å²) >= 11 is 0. The van der Waals surface area contributed by atoms with Gasteiger partial charge in [0, 0.05) is 6.61 Å². The molecule has 3 aromatic rings. The highest BCUT2D eigenvalue weighted by Gasteiger charge is 2.58. The molecule has 15 nitrogen and oxygen atoms in total. The number of hydrogen-bond acceptors (Lipinski definition) is 13. The summed E-state index contributed by atoms with van der Waals surface area (Å²) < 4.78 is 48.2. The van der Waals surface area contributed by atoms with Crippen molar-refractivity contribution in [1.29, 1.82) is 10.5 Å². The molecule has 16 heteroatoms. The van der Waals surface area contributed by atoms with Crippen molar-refractivity contribution in [2.24, 2.45) is 0 Å². The average Bonchev–Trinajstić information content (AvgIpc) is 3.79. The van der Waals surface area contributed by atoms with Gasteiger partial charge in [-0.1, -0.05) is 109 Å². The fourth-order valence-corrected chi connectivity index (χ4v) is 8.04. The van der Waals surface area contributed by atoms with Gasteiger partial charge < -0.3 is 34.1 Å². The van der Waals surface area contributed by atoms with Crippen LogP contribution in [0.1, 0.15) is 132 Å². The smallest absolute Gasteiger partial charge is 0.472 e. The van der Waals surface area contributed by atoms with Gasteiger partial charge >= 0.3 is 7.82 Å². The van der Waals surface area contributed by atoms with Crippen molar-refractivity contribution >= 4 is 13.3 Å². The summed E-state index contributed by atoms with van der Waals surface area (Å²) in [5, 5.41) is 45.6. The number of ether oxygens (including phenoxy) is 4. The van der Waals surface area contributed by atoms with Gasteiger partial charge in [0.25, 0.3) is 0 Å². The van der Waals surface area contributed by atoms with Gasteiger partial charge in [-0.05, 0) is 43.2 Å². The molecule has 0 saturated carbocycles. The number of hydrogen-bond donors (Lipinski definition) is 3. The van der Waals surface area contributed by atoms with Crippen LogP contribution in [0.15, 0.2) is 36.7 Å². The number of aryl methyl sites for hydroxylation is 1. The molecule has 1 saturated heterocycles.